The molecule has 0 amide bonds. The molecule has 0 unspecified atom stereocenters. The number of fused-ring (bicyclic) bond motifs is 1. The number of aryl methyl sites for hydroxylation is 1. The molecule has 0 saturated heterocycles. The van der Waals surface area contributed by atoms with Crippen LogP contribution >= 0.6 is 11.3 Å². The Bertz CT molecular complexity index is 727. The lowest BCUT2D eigenvalue weighted by atomic mass is 10.2. The first kappa shape index (κ1) is 13.2. The lowest BCUT2D eigenvalue weighted by Gasteiger charge is -2.11. The van der Waals surface area contributed by atoms with E-state index < -0.39 is 0 Å². The zero-order valence-electron chi connectivity index (χ0n) is 12.0. The highest BCUT2D eigenvalue weighted by atomic mass is 32.1. The molecule has 0 atom stereocenters. The first-order chi connectivity index (χ1) is 9.63. The summed E-state index contributed by atoms with van der Waals surface area (Å²) in [5.74, 6) is 0.955. The lowest BCUT2D eigenvalue weighted by molar-refractivity contribution is 0.245. The molecule has 0 aliphatic carbocycles. The van der Waals surface area contributed by atoms with Gasteiger partial charge in [0.1, 0.15) is 5.75 Å². The Kier molecular flexibility index (Phi) is 3.49. The maximum Gasteiger partial charge on any atom is 0.129 e. The summed E-state index contributed by atoms with van der Waals surface area (Å²) in [4.78, 5) is 5.59. The minimum absolute atomic E-state index is 0.188. The smallest absolute Gasteiger partial charge is 0.129 e. The van der Waals surface area contributed by atoms with Crippen LogP contribution in [0.15, 0.2) is 36.7 Å². The van der Waals surface area contributed by atoms with E-state index in [-0.39, 0.29) is 6.10 Å². The number of benzene rings is 1. The first-order valence-electron chi connectivity index (χ1n) is 6.79. The largest absolute Gasteiger partial charge is 0.490 e. The Morgan fingerprint density at radius 1 is 1.30 bits per heavy atom. The second kappa shape index (κ2) is 5.29. The van der Waals surface area contributed by atoms with Gasteiger partial charge >= 0.3 is 0 Å². The van der Waals surface area contributed by atoms with E-state index in [9.17, 15) is 0 Å². The van der Waals surface area contributed by atoms with Gasteiger partial charge in [0.15, 0.2) is 0 Å². The van der Waals surface area contributed by atoms with E-state index in [2.05, 4.69) is 47.8 Å². The van der Waals surface area contributed by atoms with Gasteiger partial charge in [-0.25, -0.2) is 4.98 Å². The molecule has 0 aliphatic heterocycles. The Labute approximate surface area is 122 Å². The predicted octanol–water partition coefficient (Wildman–Crippen LogP) is 4.24. The van der Waals surface area contributed by atoms with Crippen molar-refractivity contribution in [3.8, 4) is 5.75 Å². The summed E-state index contributed by atoms with van der Waals surface area (Å²) in [5, 5.41) is 2.28. The highest BCUT2D eigenvalue weighted by Crippen LogP contribution is 2.28. The van der Waals surface area contributed by atoms with Crippen molar-refractivity contribution in [1.29, 1.82) is 0 Å². The summed E-state index contributed by atoms with van der Waals surface area (Å²) in [6, 6.07) is 8.34. The molecule has 2 aromatic heterocycles. The molecule has 0 radical (unpaired) electrons. The van der Waals surface area contributed by atoms with Crippen LogP contribution in [0, 0.1) is 6.92 Å². The second-order valence-corrected chi connectivity index (χ2v) is 6.46. The van der Waals surface area contributed by atoms with Gasteiger partial charge in [-0.05, 0) is 39.0 Å². The zero-order chi connectivity index (χ0) is 14.1. The summed E-state index contributed by atoms with van der Waals surface area (Å²) in [6.45, 7) is 7.00. The van der Waals surface area contributed by atoms with Crippen molar-refractivity contribution in [2.75, 3.05) is 0 Å². The molecule has 0 aliphatic rings. The normalized spacial score (nSPS) is 11.4. The third-order valence-electron chi connectivity index (χ3n) is 3.13. The quantitative estimate of drug-likeness (QED) is 0.717. The average molecular weight is 286 g/mol. The summed E-state index contributed by atoms with van der Waals surface area (Å²) in [5.41, 5.74) is 1.20. The van der Waals surface area contributed by atoms with Gasteiger partial charge in [0.2, 0.25) is 0 Å². The van der Waals surface area contributed by atoms with Crippen molar-refractivity contribution in [3.63, 3.8) is 0 Å². The molecule has 3 nitrogen and oxygen atoms in total. The number of ether oxygens (including phenoxy) is 1. The van der Waals surface area contributed by atoms with Crippen LogP contribution in [0.2, 0.25) is 0 Å². The number of rotatable bonds is 4. The van der Waals surface area contributed by atoms with Crippen molar-refractivity contribution in [1.82, 2.24) is 9.55 Å². The van der Waals surface area contributed by atoms with Gasteiger partial charge in [-0.3, -0.25) is 0 Å². The highest BCUT2D eigenvalue weighted by Gasteiger charge is 2.09. The molecule has 2 heterocycles. The van der Waals surface area contributed by atoms with Gasteiger partial charge < -0.3 is 9.30 Å². The van der Waals surface area contributed by atoms with E-state index in [0.717, 1.165) is 17.3 Å². The first-order valence-corrected chi connectivity index (χ1v) is 7.61. The van der Waals surface area contributed by atoms with Crippen molar-refractivity contribution in [3.05, 3.63) is 46.5 Å². The van der Waals surface area contributed by atoms with Crippen LogP contribution in [0.4, 0.5) is 0 Å². The van der Waals surface area contributed by atoms with E-state index >= 15 is 0 Å². The fourth-order valence-corrected chi connectivity index (χ4v) is 3.13. The van der Waals surface area contributed by atoms with Gasteiger partial charge in [0, 0.05) is 22.7 Å². The predicted molar refractivity (Wildman–Crippen MR) is 83.7 cm³/mol. The van der Waals surface area contributed by atoms with E-state index in [1.165, 1.54) is 15.8 Å². The van der Waals surface area contributed by atoms with Crippen molar-refractivity contribution in [2.45, 2.75) is 33.4 Å². The van der Waals surface area contributed by atoms with Crippen LogP contribution in [0.25, 0.3) is 10.9 Å². The Balaban J connectivity index is 1.97. The third-order valence-corrected chi connectivity index (χ3v) is 4.03. The average Bonchev–Trinajstić information content (AvgIpc) is 2.97. The number of hydrogen-bond acceptors (Lipinski definition) is 3. The molecule has 3 aromatic rings. The molecule has 3 rings (SSSR count). The standard InChI is InChI=1S/C16H18N2OS/c1-11(2)19-16-6-4-5-15-14(16)7-8-18(15)10-13-9-17-12(3)20-13/h4-9,11H,10H2,1-3H3. The Hall–Kier alpha value is -1.81. The van der Waals surface area contributed by atoms with E-state index in [4.69, 9.17) is 4.74 Å². The van der Waals surface area contributed by atoms with E-state index in [1.807, 2.05) is 19.2 Å². The summed E-state index contributed by atoms with van der Waals surface area (Å²) in [6.07, 6.45) is 4.26. The van der Waals surface area contributed by atoms with Gasteiger partial charge in [-0.15, -0.1) is 11.3 Å². The third kappa shape index (κ3) is 2.56. The van der Waals surface area contributed by atoms with Crippen molar-refractivity contribution < 1.29 is 4.74 Å². The van der Waals surface area contributed by atoms with Gasteiger partial charge in [0.05, 0.1) is 23.2 Å². The van der Waals surface area contributed by atoms with E-state index in [0.29, 0.717) is 0 Å². The minimum atomic E-state index is 0.188. The summed E-state index contributed by atoms with van der Waals surface area (Å²) >= 11 is 1.75. The Morgan fingerprint density at radius 3 is 2.85 bits per heavy atom. The fourth-order valence-electron chi connectivity index (χ4n) is 2.34. The zero-order valence-corrected chi connectivity index (χ0v) is 12.8. The van der Waals surface area contributed by atoms with Crippen LogP contribution in [-0.2, 0) is 6.54 Å². The fraction of sp³-hybridized carbons (Fsp3) is 0.312. The molecule has 0 fully saturated rings. The molecule has 4 heteroatoms. The highest BCUT2D eigenvalue weighted by molar-refractivity contribution is 7.11. The monoisotopic (exact) mass is 286 g/mol. The van der Waals surface area contributed by atoms with Crippen LogP contribution in [0.3, 0.4) is 0 Å². The Morgan fingerprint density at radius 2 is 2.15 bits per heavy atom. The number of nitrogens with zero attached hydrogens (tertiary/aromatic N) is 2. The van der Waals surface area contributed by atoms with Gasteiger partial charge in [-0.1, -0.05) is 6.07 Å². The summed E-state index contributed by atoms with van der Waals surface area (Å²) < 4.78 is 8.12. The molecular formula is C16H18N2OS. The number of thiazole rings is 1. The van der Waals surface area contributed by atoms with Crippen LogP contribution in [0.5, 0.6) is 5.75 Å². The SMILES string of the molecule is Cc1ncc(Cn2ccc3c(OC(C)C)cccc32)s1. The second-order valence-electron chi connectivity index (χ2n) is 5.14. The maximum absolute atomic E-state index is 5.87. The summed E-state index contributed by atoms with van der Waals surface area (Å²) in [7, 11) is 0. The molecule has 1 aromatic carbocycles. The molecule has 0 spiro atoms. The van der Waals surface area contributed by atoms with E-state index in [1.54, 1.807) is 11.3 Å². The molecule has 104 valence electrons. The van der Waals surface area contributed by atoms with Crippen molar-refractivity contribution >= 4 is 22.2 Å². The minimum Gasteiger partial charge on any atom is -0.490 e. The topological polar surface area (TPSA) is 27.1 Å². The lowest BCUT2D eigenvalue weighted by Crippen LogP contribution is -2.05. The van der Waals surface area contributed by atoms with Crippen LogP contribution in [0.1, 0.15) is 23.7 Å². The van der Waals surface area contributed by atoms with Gasteiger partial charge in [-0.2, -0.15) is 0 Å². The molecular weight excluding hydrogens is 268 g/mol. The molecule has 0 saturated carbocycles. The van der Waals surface area contributed by atoms with Gasteiger partial charge in [0.25, 0.3) is 0 Å². The molecule has 0 N–H and O–H groups in total. The molecule has 0 bridgehead atoms. The number of hydrogen-bond donors (Lipinski definition) is 0. The number of aromatic nitrogens is 2. The van der Waals surface area contributed by atoms with Crippen LogP contribution in [-0.4, -0.2) is 15.7 Å². The maximum atomic E-state index is 5.87. The van der Waals surface area contributed by atoms with Crippen molar-refractivity contribution in [2.24, 2.45) is 0 Å². The van der Waals surface area contributed by atoms with Crippen LogP contribution < -0.4 is 4.74 Å². The molecule has 20 heavy (non-hydrogen) atoms.